The van der Waals surface area contributed by atoms with Gasteiger partial charge in [-0.3, -0.25) is 14.5 Å². The van der Waals surface area contributed by atoms with Gasteiger partial charge in [-0.05, 0) is 19.8 Å². The molecule has 16 heavy (non-hydrogen) atoms. The molecule has 1 rings (SSSR count). The lowest BCUT2D eigenvalue weighted by molar-refractivity contribution is -0.145. The van der Waals surface area contributed by atoms with E-state index < -0.39 is 0 Å². The minimum atomic E-state index is -0.249. The van der Waals surface area contributed by atoms with Crippen molar-refractivity contribution in [2.45, 2.75) is 25.8 Å². The van der Waals surface area contributed by atoms with Crippen molar-refractivity contribution in [2.75, 3.05) is 33.8 Å². The summed E-state index contributed by atoms with van der Waals surface area (Å²) in [6, 6.07) is 0.383. The fourth-order valence-electron chi connectivity index (χ4n) is 1.44. The van der Waals surface area contributed by atoms with E-state index in [1.54, 1.807) is 25.9 Å². The van der Waals surface area contributed by atoms with Gasteiger partial charge in [-0.25, -0.2) is 0 Å². The number of carbonyl (C=O) groups is 2. The molecular formula is C11H20N2O3. The van der Waals surface area contributed by atoms with Gasteiger partial charge < -0.3 is 9.64 Å². The molecule has 0 aromatic heterocycles. The molecule has 0 spiro atoms. The average Bonchev–Trinajstić information content (AvgIpc) is 2.99. The molecule has 0 aliphatic heterocycles. The summed E-state index contributed by atoms with van der Waals surface area (Å²) in [4.78, 5) is 26.4. The zero-order valence-corrected chi connectivity index (χ0v) is 10.2. The van der Waals surface area contributed by atoms with Gasteiger partial charge in [-0.1, -0.05) is 0 Å². The molecule has 5 nitrogen and oxygen atoms in total. The highest BCUT2D eigenvalue weighted by Crippen LogP contribution is 2.26. The summed E-state index contributed by atoms with van der Waals surface area (Å²) in [6.45, 7) is 2.69. The normalized spacial score (nSPS) is 15.0. The summed E-state index contributed by atoms with van der Waals surface area (Å²) >= 11 is 0. The Morgan fingerprint density at radius 2 is 1.88 bits per heavy atom. The van der Waals surface area contributed by atoms with Crippen molar-refractivity contribution in [2.24, 2.45) is 0 Å². The molecule has 92 valence electrons. The molecule has 0 bridgehead atoms. The smallest absolute Gasteiger partial charge is 0.320 e. The van der Waals surface area contributed by atoms with Crippen LogP contribution in [-0.4, -0.2) is 61.5 Å². The molecule has 1 aliphatic rings. The predicted molar refractivity (Wildman–Crippen MR) is 59.9 cm³/mol. The number of nitrogens with zero attached hydrogens (tertiary/aromatic N) is 2. The number of amides is 1. The van der Waals surface area contributed by atoms with Gasteiger partial charge in [0.25, 0.3) is 0 Å². The third-order valence-electron chi connectivity index (χ3n) is 2.54. The largest absolute Gasteiger partial charge is 0.465 e. The summed E-state index contributed by atoms with van der Waals surface area (Å²) in [5.41, 5.74) is 0. The summed E-state index contributed by atoms with van der Waals surface area (Å²) in [6.07, 6.45) is 2.14. The first-order valence-electron chi connectivity index (χ1n) is 5.64. The molecule has 0 aromatic rings. The number of ether oxygens (including phenoxy) is 1. The summed E-state index contributed by atoms with van der Waals surface area (Å²) in [5.74, 6) is -0.225. The van der Waals surface area contributed by atoms with Crippen LogP contribution in [0.25, 0.3) is 0 Å². The van der Waals surface area contributed by atoms with Crippen LogP contribution in [0.4, 0.5) is 0 Å². The van der Waals surface area contributed by atoms with E-state index in [2.05, 4.69) is 0 Å². The average molecular weight is 228 g/mol. The second kappa shape index (κ2) is 5.84. The van der Waals surface area contributed by atoms with E-state index in [1.807, 2.05) is 4.90 Å². The third kappa shape index (κ3) is 4.18. The summed E-state index contributed by atoms with van der Waals surface area (Å²) in [5, 5.41) is 0. The first-order valence-corrected chi connectivity index (χ1v) is 5.64. The van der Waals surface area contributed by atoms with Gasteiger partial charge in [0, 0.05) is 20.1 Å². The van der Waals surface area contributed by atoms with E-state index in [1.165, 1.54) is 0 Å². The Morgan fingerprint density at radius 1 is 1.25 bits per heavy atom. The lowest BCUT2D eigenvalue weighted by Crippen LogP contribution is -2.41. The Labute approximate surface area is 96.3 Å². The van der Waals surface area contributed by atoms with Crippen molar-refractivity contribution >= 4 is 11.9 Å². The molecule has 1 fully saturated rings. The quantitative estimate of drug-likeness (QED) is 0.605. The second-order valence-electron chi connectivity index (χ2n) is 4.23. The highest BCUT2D eigenvalue weighted by molar-refractivity contribution is 5.79. The molecule has 0 N–H and O–H groups in total. The van der Waals surface area contributed by atoms with Crippen molar-refractivity contribution < 1.29 is 14.3 Å². The standard InChI is InChI=1S/C11H20N2O3/c1-4-16-11(15)8-13(9-5-6-9)7-10(14)12(2)3/h9H,4-8H2,1-3H3. The molecule has 0 aromatic carbocycles. The van der Waals surface area contributed by atoms with E-state index in [-0.39, 0.29) is 18.4 Å². The molecule has 0 saturated heterocycles. The van der Waals surface area contributed by atoms with Crippen molar-refractivity contribution in [1.29, 1.82) is 0 Å². The van der Waals surface area contributed by atoms with Crippen LogP contribution in [0.1, 0.15) is 19.8 Å². The maximum Gasteiger partial charge on any atom is 0.320 e. The molecule has 0 atom stereocenters. The molecular weight excluding hydrogens is 208 g/mol. The van der Waals surface area contributed by atoms with Gasteiger partial charge >= 0.3 is 5.97 Å². The Morgan fingerprint density at radius 3 is 2.31 bits per heavy atom. The van der Waals surface area contributed by atoms with Crippen LogP contribution in [0.2, 0.25) is 0 Å². The van der Waals surface area contributed by atoms with Crippen LogP contribution >= 0.6 is 0 Å². The van der Waals surface area contributed by atoms with Crippen LogP contribution < -0.4 is 0 Å². The van der Waals surface area contributed by atoms with Crippen molar-refractivity contribution in [1.82, 2.24) is 9.80 Å². The predicted octanol–water partition coefficient (Wildman–Crippen LogP) is 0.102. The lowest BCUT2D eigenvalue weighted by atomic mass is 10.4. The Kier molecular flexibility index (Phi) is 4.73. The van der Waals surface area contributed by atoms with Gasteiger partial charge in [-0.2, -0.15) is 0 Å². The van der Waals surface area contributed by atoms with Crippen LogP contribution in [0.5, 0.6) is 0 Å². The molecule has 0 radical (unpaired) electrons. The van der Waals surface area contributed by atoms with E-state index in [0.717, 1.165) is 12.8 Å². The second-order valence-corrected chi connectivity index (χ2v) is 4.23. The minimum Gasteiger partial charge on any atom is -0.465 e. The number of hydrogen-bond donors (Lipinski definition) is 0. The molecule has 0 heterocycles. The molecule has 1 amide bonds. The fourth-order valence-corrected chi connectivity index (χ4v) is 1.44. The van der Waals surface area contributed by atoms with Crippen LogP contribution in [0.15, 0.2) is 0 Å². The summed E-state index contributed by atoms with van der Waals surface area (Å²) in [7, 11) is 3.44. The monoisotopic (exact) mass is 228 g/mol. The fraction of sp³-hybridized carbons (Fsp3) is 0.818. The number of carbonyl (C=O) groups excluding carboxylic acids is 2. The van der Waals surface area contributed by atoms with Crippen LogP contribution in [0, 0.1) is 0 Å². The van der Waals surface area contributed by atoms with Crippen molar-refractivity contribution in [3.8, 4) is 0 Å². The zero-order chi connectivity index (χ0) is 12.1. The number of likely N-dealkylation sites (N-methyl/N-ethyl adjacent to an activating group) is 1. The topological polar surface area (TPSA) is 49.9 Å². The zero-order valence-electron chi connectivity index (χ0n) is 10.2. The third-order valence-corrected chi connectivity index (χ3v) is 2.54. The van der Waals surface area contributed by atoms with E-state index in [9.17, 15) is 9.59 Å². The van der Waals surface area contributed by atoms with Gasteiger partial charge in [0.05, 0.1) is 19.7 Å². The first-order chi connectivity index (χ1) is 7.54. The molecule has 5 heteroatoms. The van der Waals surface area contributed by atoms with Gasteiger partial charge in [0.2, 0.25) is 5.91 Å². The van der Waals surface area contributed by atoms with E-state index in [0.29, 0.717) is 19.2 Å². The molecule has 1 saturated carbocycles. The SMILES string of the molecule is CCOC(=O)CN(CC(=O)N(C)C)C1CC1. The number of esters is 1. The van der Waals surface area contributed by atoms with Gasteiger partial charge in [0.15, 0.2) is 0 Å². The maximum atomic E-state index is 11.6. The van der Waals surface area contributed by atoms with Crippen molar-refractivity contribution in [3.63, 3.8) is 0 Å². The maximum absolute atomic E-state index is 11.6. The van der Waals surface area contributed by atoms with Gasteiger partial charge in [-0.15, -0.1) is 0 Å². The van der Waals surface area contributed by atoms with Crippen molar-refractivity contribution in [3.05, 3.63) is 0 Å². The highest BCUT2D eigenvalue weighted by atomic mass is 16.5. The first kappa shape index (κ1) is 13.0. The van der Waals surface area contributed by atoms with Gasteiger partial charge in [0.1, 0.15) is 0 Å². The Bertz CT molecular complexity index is 262. The van der Waals surface area contributed by atoms with Crippen LogP contribution in [0.3, 0.4) is 0 Å². The Balaban J connectivity index is 2.41. The van der Waals surface area contributed by atoms with E-state index in [4.69, 9.17) is 4.74 Å². The lowest BCUT2D eigenvalue weighted by Gasteiger charge is -2.22. The highest BCUT2D eigenvalue weighted by Gasteiger charge is 2.32. The molecule has 1 aliphatic carbocycles. The molecule has 0 unspecified atom stereocenters. The summed E-state index contributed by atoms with van der Waals surface area (Å²) < 4.78 is 4.89. The minimum absolute atomic E-state index is 0.0243. The van der Waals surface area contributed by atoms with E-state index >= 15 is 0 Å². The Hall–Kier alpha value is -1.10. The number of hydrogen-bond acceptors (Lipinski definition) is 4. The number of rotatable bonds is 6. The van der Waals surface area contributed by atoms with Crippen LogP contribution in [-0.2, 0) is 14.3 Å².